The highest BCUT2D eigenvalue weighted by Gasteiger charge is 2.07. The van der Waals surface area contributed by atoms with Crippen molar-refractivity contribution in [2.75, 3.05) is 31.6 Å². The highest BCUT2D eigenvalue weighted by atomic mass is 15.2. The number of amidine groups is 1. The van der Waals surface area contributed by atoms with E-state index in [1.54, 1.807) is 0 Å². The number of hydrogen-bond acceptors (Lipinski definition) is 3. The van der Waals surface area contributed by atoms with Crippen LogP contribution >= 0.6 is 0 Å². The Morgan fingerprint density at radius 3 is 2.79 bits per heavy atom. The molecule has 0 spiro atoms. The van der Waals surface area contributed by atoms with Gasteiger partial charge in [0.05, 0.1) is 13.1 Å². The third-order valence-corrected chi connectivity index (χ3v) is 2.33. The molecule has 3 nitrogen and oxygen atoms in total. The molecule has 0 bridgehead atoms. The fraction of sp³-hybridized carbons (Fsp3) is 0.364. The summed E-state index contributed by atoms with van der Waals surface area (Å²) in [5, 5.41) is 3.27. The predicted molar refractivity (Wildman–Crippen MR) is 60.0 cm³/mol. The van der Waals surface area contributed by atoms with E-state index in [0.717, 1.165) is 25.5 Å². The molecule has 0 radical (unpaired) electrons. The van der Waals surface area contributed by atoms with Gasteiger partial charge in [-0.2, -0.15) is 0 Å². The number of nitrogens with one attached hydrogen (secondary N) is 1. The van der Waals surface area contributed by atoms with Crippen molar-refractivity contribution >= 4 is 11.5 Å². The second-order valence-corrected chi connectivity index (χ2v) is 3.45. The van der Waals surface area contributed by atoms with Gasteiger partial charge in [0.15, 0.2) is 0 Å². The molecule has 0 atom stereocenters. The molecule has 0 amide bonds. The zero-order chi connectivity index (χ0) is 9.80. The summed E-state index contributed by atoms with van der Waals surface area (Å²) < 4.78 is 0. The molecule has 1 aliphatic rings. The van der Waals surface area contributed by atoms with Gasteiger partial charge in [-0.3, -0.25) is 4.99 Å². The molecule has 1 N–H and O–H groups in total. The number of para-hydroxylation sites is 1. The van der Waals surface area contributed by atoms with Crippen molar-refractivity contribution in [3.63, 3.8) is 0 Å². The fourth-order valence-electron chi connectivity index (χ4n) is 1.55. The first-order chi connectivity index (χ1) is 6.86. The Hall–Kier alpha value is -1.51. The topological polar surface area (TPSA) is 27.6 Å². The highest BCUT2D eigenvalue weighted by molar-refractivity contribution is 5.87. The largest absolute Gasteiger partial charge is 0.370 e. The molecule has 3 heteroatoms. The van der Waals surface area contributed by atoms with Gasteiger partial charge < -0.3 is 10.2 Å². The van der Waals surface area contributed by atoms with Crippen LogP contribution in [-0.4, -0.2) is 32.5 Å². The van der Waals surface area contributed by atoms with Crippen molar-refractivity contribution in [2.45, 2.75) is 0 Å². The summed E-state index contributed by atoms with van der Waals surface area (Å²) in [5.74, 6) is 1.09. The normalized spacial score (nSPS) is 14.8. The lowest BCUT2D eigenvalue weighted by Crippen LogP contribution is -2.32. The van der Waals surface area contributed by atoms with E-state index in [1.807, 2.05) is 6.07 Å². The van der Waals surface area contributed by atoms with E-state index >= 15 is 0 Å². The van der Waals surface area contributed by atoms with Gasteiger partial charge in [-0.05, 0) is 12.1 Å². The van der Waals surface area contributed by atoms with Crippen LogP contribution in [-0.2, 0) is 0 Å². The van der Waals surface area contributed by atoms with E-state index in [-0.39, 0.29) is 0 Å². The van der Waals surface area contributed by atoms with Crippen molar-refractivity contribution in [3.05, 3.63) is 30.3 Å². The SMILES string of the molecule is CN(CC1=NCCN1)c1ccccc1. The third kappa shape index (κ3) is 2.05. The van der Waals surface area contributed by atoms with Gasteiger partial charge in [-0.25, -0.2) is 0 Å². The van der Waals surface area contributed by atoms with E-state index in [4.69, 9.17) is 0 Å². The van der Waals surface area contributed by atoms with Crippen LogP contribution in [0.25, 0.3) is 0 Å². The van der Waals surface area contributed by atoms with Crippen LogP contribution < -0.4 is 10.2 Å². The summed E-state index contributed by atoms with van der Waals surface area (Å²) in [6.07, 6.45) is 0. The number of hydrogen-bond donors (Lipinski definition) is 1. The number of nitrogens with zero attached hydrogens (tertiary/aromatic N) is 2. The van der Waals surface area contributed by atoms with Crippen LogP contribution in [0.5, 0.6) is 0 Å². The maximum absolute atomic E-state index is 4.37. The monoisotopic (exact) mass is 189 g/mol. The number of likely N-dealkylation sites (N-methyl/N-ethyl adjacent to an activating group) is 1. The van der Waals surface area contributed by atoms with Crippen LogP contribution in [0.2, 0.25) is 0 Å². The smallest absolute Gasteiger partial charge is 0.116 e. The van der Waals surface area contributed by atoms with Gasteiger partial charge in [0.1, 0.15) is 5.84 Å². The number of benzene rings is 1. The minimum Gasteiger partial charge on any atom is -0.370 e. The van der Waals surface area contributed by atoms with E-state index in [9.17, 15) is 0 Å². The van der Waals surface area contributed by atoms with Gasteiger partial charge >= 0.3 is 0 Å². The number of aliphatic imine (C=N–C) groups is 1. The maximum atomic E-state index is 4.37. The summed E-state index contributed by atoms with van der Waals surface area (Å²) in [6.45, 7) is 2.76. The molecule has 1 aromatic carbocycles. The third-order valence-electron chi connectivity index (χ3n) is 2.33. The Bertz CT molecular complexity index is 319. The van der Waals surface area contributed by atoms with Gasteiger partial charge in [-0.15, -0.1) is 0 Å². The Labute approximate surface area is 84.5 Å². The van der Waals surface area contributed by atoms with Crippen molar-refractivity contribution in [3.8, 4) is 0 Å². The summed E-state index contributed by atoms with van der Waals surface area (Å²) in [7, 11) is 2.08. The molecule has 74 valence electrons. The second kappa shape index (κ2) is 4.13. The minimum atomic E-state index is 0.865. The molecule has 1 aliphatic heterocycles. The summed E-state index contributed by atoms with van der Waals surface area (Å²) in [5.41, 5.74) is 1.23. The van der Waals surface area contributed by atoms with Crippen molar-refractivity contribution < 1.29 is 0 Å². The zero-order valence-corrected chi connectivity index (χ0v) is 8.40. The molecule has 2 rings (SSSR count). The van der Waals surface area contributed by atoms with Gasteiger partial charge in [-0.1, -0.05) is 18.2 Å². The molecule has 0 saturated carbocycles. The Kier molecular flexibility index (Phi) is 2.68. The lowest BCUT2D eigenvalue weighted by Gasteiger charge is -2.18. The molecule has 0 unspecified atom stereocenters. The maximum Gasteiger partial charge on any atom is 0.116 e. The Balaban J connectivity index is 1.99. The van der Waals surface area contributed by atoms with Crippen LogP contribution in [0.1, 0.15) is 0 Å². The van der Waals surface area contributed by atoms with Gasteiger partial charge in [0, 0.05) is 19.3 Å². The van der Waals surface area contributed by atoms with E-state index in [2.05, 4.69) is 46.5 Å². The minimum absolute atomic E-state index is 0.865. The van der Waals surface area contributed by atoms with Crippen molar-refractivity contribution in [1.82, 2.24) is 5.32 Å². The lowest BCUT2D eigenvalue weighted by atomic mass is 10.3. The fourth-order valence-corrected chi connectivity index (χ4v) is 1.55. The van der Waals surface area contributed by atoms with E-state index < -0.39 is 0 Å². The standard InChI is InChI=1S/C11H15N3/c1-14(9-11-12-7-8-13-11)10-5-3-2-4-6-10/h2-6H,7-9H2,1H3,(H,12,13). The Morgan fingerprint density at radius 2 is 2.14 bits per heavy atom. The predicted octanol–water partition coefficient (Wildman–Crippen LogP) is 1.12. The lowest BCUT2D eigenvalue weighted by molar-refractivity contribution is 0.944. The summed E-state index contributed by atoms with van der Waals surface area (Å²) in [6, 6.07) is 10.3. The summed E-state index contributed by atoms with van der Waals surface area (Å²) >= 11 is 0. The number of rotatable bonds is 3. The molecule has 0 fully saturated rings. The van der Waals surface area contributed by atoms with Crippen molar-refractivity contribution in [1.29, 1.82) is 0 Å². The molecule has 0 saturated heterocycles. The van der Waals surface area contributed by atoms with E-state index in [0.29, 0.717) is 0 Å². The quantitative estimate of drug-likeness (QED) is 0.771. The summed E-state index contributed by atoms with van der Waals surface area (Å²) in [4.78, 5) is 6.56. The molecule has 1 aromatic rings. The first-order valence-electron chi connectivity index (χ1n) is 4.89. The molecule has 0 aromatic heterocycles. The molecule has 1 heterocycles. The second-order valence-electron chi connectivity index (χ2n) is 3.45. The first kappa shape index (κ1) is 9.06. The average molecular weight is 189 g/mol. The molecular weight excluding hydrogens is 174 g/mol. The number of anilines is 1. The van der Waals surface area contributed by atoms with Crippen LogP contribution in [0.15, 0.2) is 35.3 Å². The van der Waals surface area contributed by atoms with Crippen LogP contribution in [0.3, 0.4) is 0 Å². The molecule has 14 heavy (non-hydrogen) atoms. The highest BCUT2D eigenvalue weighted by Crippen LogP contribution is 2.10. The zero-order valence-electron chi connectivity index (χ0n) is 8.40. The van der Waals surface area contributed by atoms with Crippen molar-refractivity contribution in [2.24, 2.45) is 4.99 Å². The van der Waals surface area contributed by atoms with Crippen LogP contribution in [0.4, 0.5) is 5.69 Å². The molecular formula is C11H15N3. The van der Waals surface area contributed by atoms with Crippen LogP contribution in [0, 0.1) is 0 Å². The Morgan fingerprint density at radius 1 is 1.36 bits per heavy atom. The molecule has 0 aliphatic carbocycles. The van der Waals surface area contributed by atoms with E-state index in [1.165, 1.54) is 5.69 Å². The van der Waals surface area contributed by atoms with Gasteiger partial charge in [0.2, 0.25) is 0 Å². The first-order valence-corrected chi connectivity index (χ1v) is 4.89. The average Bonchev–Trinajstić information content (AvgIpc) is 2.72. The van der Waals surface area contributed by atoms with Gasteiger partial charge in [0.25, 0.3) is 0 Å².